The van der Waals surface area contributed by atoms with Gasteiger partial charge in [-0.25, -0.2) is 4.79 Å². The van der Waals surface area contributed by atoms with Crippen LogP contribution in [0.1, 0.15) is 56.5 Å². The number of nitrogens with one attached hydrogen (secondary N) is 1. The molecule has 0 aliphatic heterocycles. The highest BCUT2D eigenvalue weighted by Gasteiger charge is 2.13. The second-order valence-corrected chi connectivity index (χ2v) is 6.45. The van der Waals surface area contributed by atoms with Crippen molar-refractivity contribution in [3.63, 3.8) is 0 Å². The largest absolute Gasteiger partial charge is 0.475 e. The molecule has 0 aliphatic rings. The average Bonchev–Trinajstić information content (AvgIpc) is 3.05. The highest BCUT2D eigenvalue weighted by atomic mass is 16.4. The van der Waals surface area contributed by atoms with E-state index in [4.69, 9.17) is 9.52 Å². The fourth-order valence-electron chi connectivity index (χ4n) is 2.91. The lowest BCUT2D eigenvalue weighted by Gasteiger charge is -2.21. The first kappa shape index (κ1) is 20.5. The fraction of sp³-hybridized carbons (Fsp3) is 0.450. The predicted molar refractivity (Wildman–Crippen MR) is 103 cm³/mol. The Morgan fingerprint density at radius 2 is 1.78 bits per heavy atom. The third-order valence-electron chi connectivity index (χ3n) is 4.15. The molecule has 7 heteroatoms. The van der Waals surface area contributed by atoms with Crippen molar-refractivity contribution in [2.75, 3.05) is 18.4 Å². The van der Waals surface area contributed by atoms with Crippen LogP contribution >= 0.6 is 0 Å². The van der Waals surface area contributed by atoms with Crippen molar-refractivity contribution in [1.29, 1.82) is 0 Å². The van der Waals surface area contributed by atoms with E-state index in [1.807, 2.05) is 18.7 Å². The standard InChI is InChI=1S/C20H26N2O5/c1-3-10-22(11-4-2)19(24)7-5-6-18(23)21-15-8-9-16-14(12-15)13-17(27-16)20(25)26/h8-9,12-13H,3-7,10-11H2,1-2H3,(H,21,23)(H,25,26). The Hall–Kier alpha value is -2.83. The minimum atomic E-state index is -1.14. The first-order chi connectivity index (χ1) is 12.9. The number of carboxylic acids is 1. The molecule has 0 saturated heterocycles. The Bertz CT molecular complexity index is 806. The molecule has 0 atom stereocenters. The summed E-state index contributed by atoms with van der Waals surface area (Å²) in [5.41, 5.74) is 1.01. The third-order valence-corrected chi connectivity index (χ3v) is 4.15. The maximum absolute atomic E-state index is 12.2. The summed E-state index contributed by atoms with van der Waals surface area (Å²) < 4.78 is 5.19. The summed E-state index contributed by atoms with van der Waals surface area (Å²) in [4.78, 5) is 37.1. The van der Waals surface area contributed by atoms with Crippen molar-refractivity contribution < 1.29 is 23.9 Å². The van der Waals surface area contributed by atoms with Gasteiger partial charge in [-0.1, -0.05) is 13.8 Å². The Kier molecular flexibility index (Phi) is 7.40. The molecule has 0 radical (unpaired) electrons. The number of aromatic carboxylic acids is 1. The van der Waals surface area contributed by atoms with E-state index in [9.17, 15) is 14.4 Å². The van der Waals surface area contributed by atoms with Crippen LogP contribution in [0.3, 0.4) is 0 Å². The SMILES string of the molecule is CCCN(CCC)C(=O)CCCC(=O)Nc1ccc2oc(C(=O)O)cc2c1. The number of furan rings is 1. The maximum atomic E-state index is 12.2. The summed E-state index contributed by atoms with van der Waals surface area (Å²) in [5, 5.41) is 12.3. The number of anilines is 1. The van der Waals surface area contributed by atoms with Gasteiger partial charge in [-0.2, -0.15) is 0 Å². The topological polar surface area (TPSA) is 99.9 Å². The van der Waals surface area contributed by atoms with Crippen LogP contribution in [0.15, 0.2) is 28.7 Å². The van der Waals surface area contributed by atoms with Gasteiger partial charge in [-0.3, -0.25) is 9.59 Å². The van der Waals surface area contributed by atoms with E-state index in [0.29, 0.717) is 29.5 Å². The maximum Gasteiger partial charge on any atom is 0.371 e. The van der Waals surface area contributed by atoms with E-state index < -0.39 is 5.97 Å². The number of amides is 2. The number of fused-ring (bicyclic) bond motifs is 1. The second-order valence-electron chi connectivity index (χ2n) is 6.45. The van der Waals surface area contributed by atoms with Crippen molar-refractivity contribution in [3.8, 4) is 0 Å². The molecule has 0 saturated carbocycles. The molecule has 7 nitrogen and oxygen atoms in total. The lowest BCUT2D eigenvalue weighted by atomic mass is 10.2. The molecule has 1 heterocycles. The van der Waals surface area contributed by atoms with Crippen LogP contribution in [-0.2, 0) is 9.59 Å². The van der Waals surface area contributed by atoms with Gasteiger partial charge in [0.1, 0.15) is 5.58 Å². The van der Waals surface area contributed by atoms with Gasteiger partial charge in [0.05, 0.1) is 0 Å². The molecule has 146 valence electrons. The van der Waals surface area contributed by atoms with Crippen LogP contribution < -0.4 is 5.32 Å². The first-order valence-corrected chi connectivity index (χ1v) is 9.29. The molecule has 2 rings (SSSR count). The summed E-state index contributed by atoms with van der Waals surface area (Å²) in [5.74, 6) is -1.37. The monoisotopic (exact) mass is 374 g/mol. The predicted octanol–water partition coefficient (Wildman–Crippen LogP) is 3.89. The Labute approximate surface area is 158 Å². The van der Waals surface area contributed by atoms with Gasteiger partial charge in [0.2, 0.25) is 17.6 Å². The Balaban J connectivity index is 1.85. The number of rotatable bonds is 10. The molecule has 0 fully saturated rings. The Morgan fingerprint density at radius 1 is 1.07 bits per heavy atom. The highest BCUT2D eigenvalue weighted by Crippen LogP contribution is 2.23. The van der Waals surface area contributed by atoms with Gasteiger partial charge in [-0.15, -0.1) is 0 Å². The second kappa shape index (κ2) is 9.75. The van der Waals surface area contributed by atoms with Crippen molar-refractivity contribution in [2.24, 2.45) is 0 Å². The molecular weight excluding hydrogens is 348 g/mol. The zero-order valence-electron chi connectivity index (χ0n) is 15.8. The van der Waals surface area contributed by atoms with E-state index in [-0.39, 0.29) is 24.0 Å². The van der Waals surface area contributed by atoms with Gasteiger partial charge in [0, 0.05) is 37.0 Å². The molecule has 1 aromatic carbocycles. The highest BCUT2D eigenvalue weighted by molar-refractivity contribution is 5.96. The summed E-state index contributed by atoms with van der Waals surface area (Å²) in [6.45, 7) is 5.59. The first-order valence-electron chi connectivity index (χ1n) is 9.29. The summed E-state index contributed by atoms with van der Waals surface area (Å²) in [6, 6.07) is 6.36. The molecule has 0 spiro atoms. The summed E-state index contributed by atoms with van der Waals surface area (Å²) in [7, 11) is 0. The number of benzene rings is 1. The van der Waals surface area contributed by atoms with Crippen LogP contribution in [0.25, 0.3) is 11.0 Å². The minimum absolute atomic E-state index is 0.0903. The smallest absolute Gasteiger partial charge is 0.371 e. The quantitative estimate of drug-likeness (QED) is 0.657. The van der Waals surface area contributed by atoms with Crippen molar-refractivity contribution in [3.05, 3.63) is 30.0 Å². The molecule has 2 N–H and O–H groups in total. The number of hydrogen-bond acceptors (Lipinski definition) is 4. The summed E-state index contributed by atoms with van der Waals surface area (Å²) >= 11 is 0. The Morgan fingerprint density at radius 3 is 2.41 bits per heavy atom. The van der Waals surface area contributed by atoms with E-state index in [2.05, 4.69) is 5.32 Å². The molecule has 0 bridgehead atoms. The molecule has 2 amide bonds. The molecule has 0 unspecified atom stereocenters. The van der Waals surface area contributed by atoms with Crippen LogP contribution in [-0.4, -0.2) is 40.9 Å². The minimum Gasteiger partial charge on any atom is -0.475 e. The molecule has 0 aliphatic carbocycles. The number of carbonyl (C=O) groups is 3. The number of nitrogens with zero attached hydrogens (tertiary/aromatic N) is 1. The molecule has 1 aromatic heterocycles. The normalized spacial score (nSPS) is 10.7. The zero-order valence-corrected chi connectivity index (χ0v) is 15.8. The van der Waals surface area contributed by atoms with Crippen LogP contribution in [0.4, 0.5) is 5.69 Å². The number of carbonyl (C=O) groups excluding carboxylic acids is 2. The third kappa shape index (κ3) is 5.84. The average molecular weight is 374 g/mol. The van der Waals surface area contributed by atoms with Crippen molar-refractivity contribution >= 4 is 34.4 Å². The zero-order chi connectivity index (χ0) is 19.8. The van der Waals surface area contributed by atoms with Gasteiger partial charge in [0.25, 0.3) is 0 Å². The fourth-order valence-corrected chi connectivity index (χ4v) is 2.91. The van der Waals surface area contributed by atoms with Gasteiger partial charge >= 0.3 is 5.97 Å². The van der Waals surface area contributed by atoms with Crippen LogP contribution in [0, 0.1) is 0 Å². The number of carboxylic acid groups (broad SMARTS) is 1. The van der Waals surface area contributed by atoms with E-state index in [0.717, 1.165) is 25.9 Å². The van der Waals surface area contributed by atoms with Gasteiger partial charge in [0.15, 0.2) is 0 Å². The number of hydrogen-bond donors (Lipinski definition) is 2. The van der Waals surface area contributed by atoms with Gasteiger partial charge in [-0.05, 0) is 43.5 Å². The molecular formula is C20H26N2O5. The molecule has 27 heavy (non-hydrogen) atoms. The van der Waals surface area contributed by atoms with E-state index >= 15 is 0 Å². The van der Waals surface area contributed by atoms with E-state index in [1.54, 1.807) is 18.2 Å². The van der Waals surface area contributed by atoms with Crippen LogP contribution in [0.5, 0.6) is 0 Å². The molecule has 2 aromatic rings. The summed E-state index contributed by atoms with van der Waals surface area (Å²) in [6.07, 6.45) is 2.95. The van der Waals surface area contributed by atoms with Crippen molar-refractivity contribution in [2.45, 2.75) is 46.0 Å². The van der Waals surface area contributed by atoms with Crippen LogP contribution in [0.2, 0.25) is 0 Å². The lowest BCUT2D eigenvalue weighted by molar-refractivity contribution is -0.131. The lowest BCUT2D eigenvalue weighted by Crippen LogP contribution is -2.32. The van der Waals surface area contributed by atoms with Gasteiger partial charge < -0.3 is 19.7 Å². The van der Waals surface area contributed by atoms with Crippen molar-refractivity contribution in [1.82, 2.24) is 4.90 Å². The van der Waals surface area contributed by atoms with E-state index in [1.165, 1.54) is 6.07 Å².